The fourth-order valence-corrected chi connectivity index (χ4v) is 2.84. The van der Waals surface area contributed by atoms with Gasteiger partial charge in [-0.2, -0.15) is 0 Å². The molecule has 0 radical (unpaired) electrons. The highest BCUT2D eigenvalue weighted by atomic mass is 32.1. The lowest BCUT2D eigenvalue weighted by atomic mass is 10.1. The number of hydrogen-bond acceptors (Lipinski definition) is 3. The Labute approximate surface area is 92.9 Å². The lowest BCUT2D eigenvalue weighted by molar-refractivity contribution is 0.414. The number of hydrogen-bond donors (Lipinski definition) is 2. The van der Waals surface area contributed by atoms with E-state index in [-0.39, 0.29) is 4.87 Å². The predicted octanol–water partition coefficient (Wildman–Crippen LogP) is 1.71. The summed E-state index contributed by atoms with van der Waals surface area (Å²) in [5.41, 5.74) is 1.04. The molecule has 2 aliphatic carbocycles. The Balaban J connectivity index is 1.57. The average molecular weight is 224 g/mol. The molecule has 15 heavy (non-hydrogen) atoms. The molecule has 0 spiro atoms. The Hall–Kier alpha value is -0.610. The largest absolute Gasteiger partial charge is 0.315 e. The van der Waals surface area contributed by atoms with Crippen LogP contribution in [0.25, 0.3) is 0 Å². The van der Waals surface area contributed by atoms with Gasteiger partial charge in [-0.25, -0.2) is 0 Å². The molecule has 2 aliphatic rings. The van der Waals surface area contributed by atoms with Crippen LogP contribution in [0.15, 0.2) is 10.2 Å². The van der Waals surface area contributed by atoms with Crippen LogP contribution in [0.5, 0.6) is 0 Å². The van der Waals surface area contributed by atoms with E-state index in [1.165, 1.54) is 37.0 Å². The van der Waals surface area contributed by atoms with Crippen LogP contribution in [-0.4, -0.2) is 11.0 Å². The zero-order valence-corrected chi connectivity index (χ0v) is 9.48. The van der Waals surface area contributed by atoms with Gasteiger partial charge in [0.15, 0.2) is 0 Å². The molecule has 0 unspecified atom stereocenters. The average Bonchev–Trinajstić information content (AvgIpc) is 3.09. The van der Waals surface area contributed by atoms with E-state index < -0.39 is 0 Å². The van der Waals surface area contributed by atoms with Crippen LogP contribution < -0.4 is 10.2 Å². The molecule has 4 heteroatoms. The number of aromatic amines is 1. The first-order valence-corrected chi connectivity index (χ1v) is 6.61. The lowest BCUT2D eigenvalue weighted by Crippen LogP contribution is -2.32. The predicted molar refractivity (Wildman–Crippen MR) is 61.0 cm³/mol. The molecule has 2 N–H and O–H groups in total. The van der Waals surface area contributed by atoms with Crippen molar-refractivity contribution in [1.82, 2.24) is 10.3 Å². The molecular weight excluding hydrogens is 208 g/mol. The third-order valence-corrected chi connectivity index (χ3v) is 4.08. The van der Waals surface area contributed by atoms with Crippen molar-refractivity contribution in [1.29, 1.82) is 0 Å². The molecule has 3 nitrogen and oxygen atoms in total. The van der Waals surface area contributed by atoms with Crippen LogP contribution in [0.3, 0.4) is 0 Å². The SMILES string of the molecule is O=c1[nH]c(CNC(C2CC2)C2CC2)cs1. The van der Waals surface area contributed by atoms with Gasteiger partial charge in [0.1, 0.15) is 0 Å². The third-order valence-electron chi connectivity index (χ3n) is 3.36. The fraction of sp³-hybridized carbons (Fsp3) is 0.727. The topological polar surface area (TPSA) is 44.9 Å². The van der Waals surface area contributed by atoms with E-state index in [0.29, 0.717) is 6.04 Å². The van der Waals surface area contributed by atoms with Crippen molar-refractivity contribution in [2.45, 2.75) is 38.3 Å². The summed E-state index contributed by atoms with van der Waals surface area (Å²) in [6, 6.07) is 0.716. The monoisotopic (exact) mass is 224 g/mol. The lowest BCUT2D eigenvalue weighted by Gasteiger charge is -2.16. The van der Waals surface area contributed by atoms with Gasteiger partial charge in [-0.15, -0.1) is 0 Å². The smallest absolute Gasteiger partial charge is 0.304 e. The van der Waals surface area contributed by atoms with Crippen molar-refractivity contribution in [3.05, 3.63) is 20.7 Å². The van der Waals surface area contributed by atoms with Gasteiger partial charge < -0.3 is 10.3 Å². The van der Waals surface area contributed by atoms with Gasteiger partial charge in [0.05, 0.1) is 0 Å². The Morgan fingerprint density at radius 2 is 2.07 bits per heavy atom. The van der Waals surface area contributed by atoms with E-state index in [1.54, 1.807) is 0 Å². The highest BCUT2D eigenvalue weighted by Crippen LogP contribution is 2.44. The Morgan fingerprint density at radius 1 is 1.40 bits per heavy atom. The minimum Gasteiger partial charge on any atom is -0.315 e. The van der Waals surface area contributed by atoms with E-state index in [9.17, 15) is 4.79 Å². The molecule has 1 heterocycles. The molecule has 1 aromatic heterocycles. The fourth-order valence-electron chi connectivity index (χ4n) is 2.26. The summed E-state index contributed by atoms with van der Waals surface area (Å²) in [7, 11) is 0. The van der Waals surface area contributed by atoms with Crippen molar-refractivity contribution in [3.63, 3.8) is 0 Å². The molecule has 0 aliphatic heterocycles. The van der Waals surface area contributed by atoms with Crippen LogP contribution in [-0.2, 0) is 6.54 Å². The molecule has 1 aromatic rings. The minimum atomic E-state index is 0.0567. The molecule has 0 atom stereocenters. The number of thiazole rings is 1. The van der Waals surface area contributed by atoms with Crippen molar-refractivity contribution in [2.24, 2.45) is 11.8 Å². The molecular formula is C11H16N2OS. The van der Waals surface area contributed by atoms with Crippen molar-refractivity contribution < 1.29 is 0 Å². The number of nitrogens with one attached hydrogen (secondary N) is 2. The molecule has 2 saturated carbocycles. The molecule has 0 amide bonds. The summed E-state index contributed by atoms with van der Waals surface area (Å²) in [4.78, 5) is 13.9. The normalized spacial score (nSPS) is 21.1. The maximum Gasteiger partial charge on any atom is 0.304 e. The second-order valence-electron chi connectivity index (χ2n) is 4.75. The van der Waals surface area contributed by atoms with Gasteiger partial charge in [-0.3, -0.25) is 4.79 Å². The van der Waals surface area contributed by atoms with E-state index in [0.717, 1.165) is 24.1 Å². The molecule has 0 saturated heterocycles. The van der Waals surface area contributed by atoms with Gasteiger partial charge in [-0.05, 0) is 37.5 Å². The zero-order valence-electron chi connectivity index (χ0n) is 8.66. The summed E-state index contributed by atoms with van der Waals surface area (Å²) in [5, 5.41) is 5.53. The van der Waals surface area contributed by atoms with E-state index in [4.69, 9.17) is 0 Å². The molecule has 82 valence electrons. The van der Waals surface area contributed by atoms with Crippen molar-refractivity contribution in [3.8, 4) is 0 Å². The van der Waals surface area contributed by atoms with E-state index in [2.05, 4.69) is 10.3 Å². The van der Waals surface area contributed by atoms with Crippen LogP contribution >= 0.6 is 11.3 Å². The summed E-state index contributed by atoms with van der Waals surface area (Å²) in [6.07, 6.45) is 5.59. The Kier molecular flexibility index (Phi) is 2.41. The number of H-pyrrole nitrogens is 1. The zero-order chi connectivity index (χ0) is 10.3. The maximum atomic E-state index is 11.0. The second kappa shape index (κ2) is 3.76. The summed E-state index contributed by atoms with van der Waals surface area (Å²) in [6.45, 7) is 0.830. The Morgan fingerprint density at radius 3 is 2.53 bits per heavy atom. The first-order valence-electron chi connectivity index (χ1n) is 5.73. The maximum absolute atomic E-state index is 11.0. The van der Waals surface area contributed by atoms with Gasteiger partial charge in [-0.1, -0.05) is 11.3 Å². The van der Waals surface area contributed by atoms with Crippen molar-refractivity contribution in [2.75, 3.05) is 0 Å². The van der Waals surface area contributed by atoms with Crippen LogP contribution in [0.2, 0.25) is 0 Å². The highest BCUT2D eigenvalue weighted by Gasteiger charge is 2.40. The van der Waals surface area contributed by atoms with E-state index in [1.807, 2.05) is 5.38 Å². The van der Waals surface area contributed by atoms with E-state index >= 15 is 0 Å². The Bertz CT molecular complexity index is 377. The van der Waals surface area contributed by atoms with Gasteiger partial charge in [0.25, 0.3) is 0 Å². The summed E-state index contributed by atoms with van der Waals surface area (Å²) >= 11 is 1.25. The third kappa shape index (κ3) is 2.32. The first kappa shape index (κ1) is 9.60. The molecule has 0 bridgehead atoms. The molecule has 3 rings (SSSR count). The standard InChI is InChI=1S/C11H16N2OS/c14-11-13-9(6-15-11)5-12-10(7-1-2-7)8-3-4-8/h6-8,10,12H,1-5H2,(H,13,14). The van der Waals surface area contributed by atoms with Gasteiger partial charge >= 0.3 is 4.87 Å². The van der Waals surface area contributed by atoms with Crippen LogP contribution in [0, 0.1) is 11.8 Å². The second-order valence-corrected chi connectivity index (χ2v) is 5.60. The number of rotatable bonds is 5. The molecule has 0 aromatic carbocycles. The van der Waals surface area contributed by atoms with Crippen LogP contribution in [0.1, 0.15) is 31.4 Å². The highest BCUT2D eigenvalue weighted by molar-refractivity contribution is 7.07. The quantitative estimate of drug-likeness (QED) is 0.800. The van der Waals surface area contributed by atoms with Gasteiger partial charge in [0.2, 0.25) is 0 Å². The number of aromatic nitrogens is 1. The van der Waals surface area contributed by atoms with Crippen molar-refractivity contribution >= 4 is 11.3 Å². The molecule has 2 fully saturated rings. The summed E-state index contributed by atoms with van der Waals surface area (Å²) < 4.78 is 0. The van der Waals surface area contributed by atoms with Crippen LogP contribution in [0.4, 0.5) is 0 Å². The minimum absolute atomic E-state index is 0.0567. The van der Waals surface area contributed by atoms with Gasteiger partial charge in [0, 0.05) is 23.7 Å². The first-order chi connectivity index (χ1) is 7.33. The summed E-state index contributed by atoms with van der Waals surface area (Å²) in [5.74, 6) is 1.84.